The summed E-state index contributed by atoms with van der Waals surface area (Å²) < 4.78 is 0. The van der Waals surface area contributed by atoms with Crippen molar-refractivity contribution in [3.63, 3.8) is 0 Å². The van der Waals surface area contributed by atoms with Crippen molar-refractivity contribution in [2.75, 3.05) is 7.05 Å². The maximum atomic E-state index is 12.4. The van der Waals surface area contributed by atoms with Crippen molar-refractivity contribution in [2.24, 2.45) is 11.7 Å². The summed E-state index contributed by atoms with van der Waals surface area (Å²) in [5.74, 6) is 0.910. The Morgan fingerprint density at radius 2 is 2.16 bits per heavy atom. The van der Waals surface area contributed by atoms with Crippen LogP contribution in [-0.4, -0.2) is 23.9 Å². The number of nitrogens with zero attached hydrogens (tertiary/aromatic N) is 1. The summed E-state index contributed by atoms with van der Waals surface area (Å²) >= 11 is 1.55. The second kappa shape index (κ2) is 6.53. The van der Waals surface area contributed by atoms with Gasteiger partial charge in [-0.15, -0.1) is 11.3 Å². The molecule has 1 heterocycles. The molecule has 3 nitrogen and oxygen atoms in total. The van der Waals surface area contributed by atoms with Gasteiger partial charge in [0, 0.05) is 18.0 Å². The highest BCUT2D eigenvalue weighted by atomic mass is 32.1. The normalized spacial score (nSPS) is 25.0. The second-order valence-corrected chi connectivity index (χ2v) is 6.50. The minimum absolute atomic E-state index is 0.0578. The summed E-state index contributed by atoms with van der Waals surface area (Å²) in [5.41, 5.74) is 6.06. The average Bonchev–Trinajstić information content (AvgIpc) is 2.99. The lowest BCUT2D eigenvalue weighted by Gasteiger charge is -2.35. The van der Waals surface area contributed by atoms with Gasteiger partial charge >= 0.3 is 0 Å². The van der Waals surface area contributed by atoms with Crippen molar-refractivity contribution in [1.82, 2.24) is 4.90 Å². The fraction of sp³-hybridized carbons (Fsp3) is 0.667. The van der Waals surface area contributed by atoms with E-state index >= 15 is 0 Å². The highest BCUT2D eigenvalue weighted by Gasteiger charge is 2.29. The molecule has 106 valence electrons. The molecule has 1 aliphatic rings. The number of carbonyl (C=O) groups excluding carboxylic acids is 1. The summed E-state index contributed by atoms with van der Waals surface area (Å²) in [4.78, 5) is 15.2. The van der Waals surface area contributed by atoms with E-state index in [0.717, 1.165) is 23.6 Å². The molecule has 1 fully saturated rings. The first-order chi connectivity index (χ1) is 9.13. The van der Waals surface area contributed by atoms with E-state index in [2.05, 4.69) is 6.92 Å². The number of likely N-dealkylation sites (N-methyl/N-ethyl adjacent to an activating group) is 1. The Morgan fingerprint density at radius 1 is 1.47 bits per heavy atom. The summed E-state index contributed by atoms with van der Waals surface area (Å²) in [6.45, 7) is 2.26. The van der Waals surface area contributed by atoms with E-state index in [9.17, 15) is 4.79 Å². The maximum absolute atomic E-state index is 12.4. The standard InChI is InChI=1S/C15H24N2OS/c1-3-11-6-8-12(9-7-11)17(2)15(18)14(16)13-5-4-10-19-13/h4-5,10-12,14H,3,6-9,16H2,1-2H3. The van der Waals surface area contributed by atoms with Gasteiger partial charge in [-0.05, 0) is 43.0 Å². The predicted octanol–water partition coefficient (Wildman–Crippen LogP) is 3.18. The zero-order valence-corrected chi connectivity index (χ0v) is 12.7. The molecule has 1 aliphatic carbocycles. The van der Waals surface area contributed by atoms with Crippen molar-refractivity contribution in [2.45, 2.75) is 51.1 Å². The maximum Gasteiger partial charge on any atom is 0.244 e. The van der Waals surface area contributed by atoms with E-state index < -0.39 is 6.04 Å². The topological polar surface area (TPSA) is 46.3 Å². The van der Waals surface area contributed by atoms with Gasteiger partial charge in [0.05, 0.1) is 0 Å². The third-order valence-corrected chi connectivity index (χ3v) is 5.36. The number of hydrogen-bond acceptors (Lipinski definition) is 3. The molecule has 1 saturated carbocycles. The van der Waals surface area contributed by atoms with E-state index in [1.807, 2.05) is 29.5 Å². The van der Waals surface area contributed by atoms with E-state index in [0.29, 0.717) is 6.04 Å². The van der Waals surface area contributed by atoms with Crippen LogP contribution in [0.4, 0.5) is 0 Å². The highest BCUT2D eigenvalue weighted by Crippen LogP contribution is 2.30. The molecule has 4 heteroatoms. The number of rotatable bonds is 4. The molecule has 1 atom stereocenters. The SMILES string of the molecule is CCC1CCC(N(C)C(=O)C(N)c2cccs2)CC1. The molecule has 2 rings (SSSR count). The molecule has 0 saturated heterocycles. The molecular formula is C15H24N2OS. The van der Waals surface area contributed by atoms with Gasteiger partial charge in [-0.3, -0.25) is 4.79 Å². The predicted molar refractivity (Wildman–Crippen MR) is 80.1 cm³/mol. The quantitative estimate of drug-likeness (QED) is 0.920. The van der Waals surface area contributed by atoms with Crippen molar-refractivity contribution >= 4 is 17.2 Å². The Kier molecular flexibility index (Phi) is 4.99. The van der Waals surface area contributed by atoms with Gasteiger partial charge in [-0.2, -0.15) is 0 Å². The van der Waals surface area contributed by atoms with Gasteiger partial charge in [0.2, 0.25) is 5.91 Å². The second-order valence-electron chi connectivity index (χ2n) is 5.53. The monoisotopic (exact) mass is 280 g/mol. The third kappa shape index (κ3) is 3.37. The number of nitrogens with two attached hydrogens (primary N) is 1. The smallest absolute Gasteiger partial charge is 0.244 e. The molecule has 0 spiro atoms. The number of hydrogen-bond donors (Lipinski definition) is 1. The van der Waals surface area contributed by atoms with Crippen LogP contribution in [0.1, 0.15) is 49.9 Å². The first kappa shape index (κ1) is 14.5. The first-order valence-corrected chi connectivity index (χ1v) is 8.07. The van der Waals surface area contributed by atoms with E-state index in [1.165, 1.54) is 19.3 Å². The lowest BCUT2D eigenvalue weighted by atomic mass is 9.84. The largest absolute Gasteiger partial charge is 0.341 e. The zero-order valence-electron chi connectivity index (χ0n) is 11.8. The van der Waals surface area contributed by atoms with Gasteiger partial charge < -0.3 is 10.6 Å². The molecule has 0 aliphatic heterocycles. The number of carbonyl (C=O) groups is 1. The molecule has 0 aromatic carbocycles. The van der Waals surface area contributed by atoms with Crippen LogP contribution in [-0.2, 0) is 4.79 Å². The summed E-state index contributed by atoms with van der Waals surface area (Å²) in [6, 6.07) is 3.77. The summed E-state index contributed by atoms with van der Waals surface area (Å²) in [6.07, 6.45) is 5.99. The van der Waals surface area contributed by atoms with Gasteiger partial charge in [-0.1, -0.05) is 19.4 Å². The molecule has 1 amide bonds. The lowest BCUT2D eigenvalue weighted by molar-refractivity contribution is -0.134. The van der Waals surface area contributed by atoms with Gasteiger partial charge in [0.1, 0.15) is 6.04 Å². The minimum atomic E-state index is -0.492. The molecule has 1 unspecified atom stereocenters. The van der Waals surface area contributed by atoms with E-state index in [1.54, 1.807) is 11.3 Å². The Hall–Kier alpha value is -0.870. The van der Waals surface area contributed by atoms with Crippen molar-refractivity contribution in [3.05, 3.63) is 22.4 Å². The van der Waals surface area contributed by atoms with Crippen LogP contribution in [0.5, 0.6) is 0 Å². The van der Waals surface area contributed by atoms with Crippen LogP contribution in [0.15, 0.2) is 17.5 Å². The zero-order chi connectivity index (χ0) is 13.8. The van der Waals surface area contributed by atoms with Crippen LogP contribution in [0.25, 0.3) is 0 Å². The molecule has 0 radical (unpaired) electrons. The van der Waals surface area contributed by atoms with E-state index in [4.69, 9.17) is 5.73 Å². The number of thiophene rings is 1. The molecule has 1 aromatic heterocycles. The number of amides is 1. The lowest BCUT2D eigenvalue weighted by Crippen LogP contribution is -2.43. The summed E-state index contributed by atoms with van der Waals surface area (Å²) in [5, 5.41) is 1.97. The fourth-order valence-corrected chi connectivity index (χ4v) is 3.65. The Labute approximate surface area is 119 Å². The highest BCUT2D eigenvalue weighted by molar-refractivity contribution is 7.10. The Bertz CT molecular complexity index is 396. The van der Waals surface area contributed by atoms with Crippen LogP contribution >= 0.6 is 11.3 Å². The average molecular weight is 280 g/mol. The third-order valence-electron chi connectivity index (χ3n) is 4.40. The van der Waals surface area contributed by atoms with Gasteiger partial charge in [0.25, 0.3) is 0 Å². The van der Waals surface area contributed by atoms with Gasteiger partial charge in [-0.25, -0.2) is 0 Å². The fourth-order valence-electron chi connectivity index (χ4n) is 2.93. The van der Waals surface area contributed by atoms with Crippen molar-refractivity contribution in [3.8, 4) is 0 Å². The van der Waals surface area contributed by atoms with Crippen molar-refractivity contribution < 1.29 is 4.79 Å². The summed E-state index contributed by atoms with van der Waals surface area (Å²) in [7, 11) is 1.91. The molecular weight excluding hydrogens is 256 g/mol. The van der Waals surface area contributed by atoms with Crippen LogP contribution in [0, 0.1) is 5.92 Å². The van der Waals surface area contributed by atoms with Crippen LogP contribution < -0.4 is 5.73 Å². The van der Waals surface area contributed by atoms with E-state index in [-0.39, 0.29) is 5.91 Å². The molecule has 0 bridgehead atoms. The van der Waals surface area contributed by atoms with Crippen LogP contribution in [0.3, 0.4) is 0 Å². The molecule has 1 aromatic rings. The first-order valence-electron chi connectivity index (χ1n) is 7.19. The molecule has 2 N–H and O–H groups in total. The van der Waals surface area contributed by atoms with Gasteiger partial charge in [0.15, 0.2) is 0 Å². The Morgan fingerprint density at radius 3 is 2.68 bits per heavy atom. The Balaban J connectivity index is 1.92. The minimum Gasteiger partial charge on any atom is -0.341 e. The molecule has 19 heavy (non-hydrogen) atoms. The van der Waals surface area contributed by atoms with Crippen LogP contribution in [0.2, 0.25) is 0 Å². The van der Waals surface area contributed by atoms with Crippen molar-refractivity contribution in [1.29, 1.82) is 0 Å².